The Labute approximate surface area is 189 Å². The molecule has 2 aromatic rings. The third-order valence-corrected chi connectivity index (χ3v) is 5.50. The number of imide groups is 2. The van der Waals surface area contributed by atoms with Crippen molar-refractivity contribution < 1.29 is 33.4 Å². The number of nitrogens with two attached hydrogens (primary N) is 1. The lowest BCUT2D eigenvalue weighted by atomic mass is 9.91. The molecule has 0 aliphatic carbocycles. The molecular weight excluding hydrogens is 430 g/mol. The van der Waals surface area contributed by atoms with E-state index in [1.165, 1.54) is 0 Å². The number of hydrogen-bond acceptors (Lipinski definition) is 8. The molecule has 0 saturated carbocycles. The molecule has 33 heavy (non-hydrogen) atoms. The summed E-state index contributed by atoms with van der Waals surface area (Å²) in [6.45, 7) is 2.38. The summed E-state index contributed by atoms with van der Waals surface area (Å²) in [5.74, 6) is -1.75. The predicted molar refractivity (Wildman–Crippen MR) is 117 cm³/mol. The lowest BCUT2D eigenvalue weighted by Gasteiger charge is -2.34. The van der Waals surface area contributed by atoms with Crippen LogP contribution in [-0.2, 0) is 19.1 Å². The molecule has 2 aliphatic rings. The van der Waals surface area contributed by atoms with Crippen LogP contribution >= 0.6 is 0 Å². The second kappa shape index (κ2) is 10.1. The van der Waals surface area contributed by atoms with Crippen LogP contribution < -0.4 is 15.8 Å². The number of piperidine rings is 1. The first-order chi connectivity index (χ1) is 16.0. The van der Waals surface area contributed by atoms with Crippen molar-refractivity contribution in [1.29, 1.82) is 0 Å². The van der Waals surface area contributed by atoms with Crippen LogP contribution in [0.3, 0.4) is 0 Å². The number of carbonyl (C=O) groups excluding carboxylic acids is 4. The van der Waals surface area contributed by atoms with Crippen molar-refractivity contribution in [2.75, 3.05) is 39.6 Å². The minimum absolute atomic E-state index is 0.0605. The van der Waals surface area contributed by atoms with Gasteiger partial charge in [-0.25, -0.2) is 0 Å². The third-order valence-electron chi connectivity index (χ3n) is 5.50. The van der Waals surface area contributed by atoms with Crippen LogP contribution in [0.2, 0.25) is 0 Å². The van der Waals surface area contributed by atoms with Crippen LogP contribution in [0.25, 0.3) is 10.8 Å². The van der Waals surface area contributed by atoms with Gasteiger partial charge < -0.3 is 19.9 Å². The zero-order valence-corrected chi connectivity index (χ0v) is 18.0. The van der Waals surface area contributed by atoms with Gasteiger partial charge in [-0.3, -0.25) is 29.4 Å². The highest BCUT2D eigenvalue weighted by Gasteiger charge is 2.42. The lowest BCUT2D eigenvalue weighted by molar-refractivity contribution is -0.136. The normalized spacial score (nSPS) is 18.1. The van der Waals surface area contributed by atoms with Gasteiger partial charge in [0, 0.05) is 23.9 Å². The Morgan fingerprint density at radius 2 is 1.67 bits per heavy atom. The SMILES string of the molecule is NCCOCCOCCOc1cc2c3c(cccc3c1)C(=O)N(C1CCC(=O)NC1=O)C2=O. The highest BCUT2D eigenvalue weighted by Crippen LogP contribution is 2.35. The summed E-state index contributed by atoms with van der Waals surface area (Å²) in [5.41, 5.74) is 5.96. The maximum atomic E-state index is 13.3. The smallest absolute Gasteiger partial charge is 0.262 e. The first-order valence-electron chi connectivity index (χ1n) is 10.8. The number of hydrogen-bond donors (Lipinski definition) is 2. The molecule has 10 nitrogen and oxygen atoms in total. The Morgan fingerprint density at radius 3 is 2.42 bits per heavy atom. The van der Waals surface area contributed by atoms with Crippen molar-refractivity contribution in [2.24, 2.45) is 5.73 Å². The van der Waals surface area contributed by atoms with E-state index < -0.39 is 29.7 Å². The minimum atomic E-state index is -1.04. The Hall–Kier alpha value is -3.34. The van der Waals surface area contributed by atoms with Crippen molar-refractivity contribution in [3.8, 4) is 5.75 Å². The number of carbonyl (C=O) groups is 4. The molecule has 3 N–H and O–H groups in total. The Kier molecular flexibility index (Phi) is 6.97. The standard InChI is InChI=1S/C23H25N3O7/c24-6-7-31-8-9-32-10-11-33-15-12-14-2-1-3-16-20(14)17(13-15)23(30)26(22(16)29)18-4-5-19(27)25-21(18)28/h1-3,12-13,18H,4-11,24H2,(H,25,27,28). The average Bonchev–Trinajstić information content (AvgIpc) is 2.80. The first-order valence-corrected chi connectivity index (χ1v) is 10.8. The van der Waals surface area contributed by atoms with E-state index in [-0.39, 0.29) is 25.0 Å². The van der Waals surface area contributed by atoms with E-state index >= 15 is 0 Å². The van der Waals surface area contributed by atoms with Crippen molar-refractivity contribution in [2.45, 2.75) is 18.9 Å². The van der Waals surface area contributed by atoms with Gasteiger partial charge in [-0.15, -0.1) is 0 Å². The highest BCUT2D eigenvalue weighted by atomic mass is 16.5. The number of nitrogens with zero attached hydrogens (tertiary/aromatic N) is 1. The summed E-state index contributed by atoms with van der Waals surface area (Å²) in [6, 6.07) is 7.43. The maximum absolute atomic E-state index is 13.3. The first kappa shape index (κ1) is 22.8. The molecule has 0 bridgehead atoms. The molecule has 0 aromatic heterocycles. The van der Waals surface area contributed by atoms with Crippen LogP contribution in [0.4, 0.5) is 0 Å². The monoisotopic (exact) mass is 455 g/mol. The molecule has 1 saturated heterocycles. The molecule has 4 rings (SSSR count). The van der Waals surface area contributed by atoms with Crippen molar-refractivity contribution in [3.63, 3.8) is 0 Å². The number of nitrogens with one attached hydrogen (secondary N) is 1. The molecule has 1 unspecified atom stereocenters. The minimum Gasteiger partial charge on any atom is -0.491 e. The van der Waals surface area contributed by atoms with Gasteiger partial charge >= 0.3 is 0 Å². The van der Waals surface area contributed by atoms with Gasteiger partial charge in [0.25, 0.3) is 11.8 Å². The van der Waals surface area contributed by atoms with Crippen molar-refractivity contribution in [1.82, 2.24) is 10.2 Å². The van der Waals surface area contributed by atoms with E-state index in [4.69, 9.17) is 19.9 Å². The van der Waals surface area contributed by atoms with Crippen LogP contribution in [0, 0.1) is 0 Å². The predicted octanol–water partition coefficient (Wildman–Crippen LogP) is 0.612. The Bertz CT molecular complexity index is 1100. The van der Waals surface area contributed by atoms with Gasteiger partial charge in [-0.2, -0.15) is 0 Å². The summed E-state index contributed by atoms with van der Waals surface area (Å²) in [4.78, 5) is 51.3. The van der Waals surface area contributed by atoms with Gasteiger partial charge in [-0.1, -0.05) is 12.1 Å². The van der Waals surface area contributed by atoms with Crippen LogP contribution in [0.15, 0.2) is 30.3 Å². The summed E-state index contributed by atoms with van der Waals surface area (Å²) >= 11 is 0. The molecule has 1 fully saturated rings. The molecule has 0 spiro atoms. The number of rotatable bonds is 10. The molecule has 10 heteroatoms. The third kappa shape index (κ3) is 4.72. The summed E-state index contributed by atoms with van der Waals surface area (Å²) in [6.07, 6.45) is 0.154. The second-order valence-corrected chi connectivity index (χ2v) is 7.68. The summed E-state index contributed by atoms with van der Waals surface area (Å²) < 4.78 is 16.4. The fourth-order valence-electron chi connectivity index (χ4n) is 4.02. The summed E-state index contributed by atoms with van der Waals surface area (Å²) in [5, 5.41) is 3.41. The van der Waals surface area contributed by atoms with E-state index in [0.717, 1.165) is 4.90 Å². The van der Waals surface area contributed by atoms with Crippen molar-refractivity contribution >= 4 is 34.4 Å². The number of benzene rings is 2. The van der Waals surface area contributed by atoms with Gasteiger partial charge in [-0.05, 0) is 30.0 Å². The zero-order chi connectivity index (χ0) is 23.4. The largest absolute Gasteiger partial charge is 0.491 e. The molecule has 4 amide bonds. The zero-order valence-electron chi connectivity index (χ0n) is 18.0. The maximum Gasteiger partial charge on any atom is 0.262 e. The highest BCUT2D eigenvalue weighted by molar-refractivity contribution is 6.27. The molecule has 1 atom stereocenters. The van der Waals surface area contributed by atoms with Crippen molar-refractivity contribution in [3.05, 3.63) is 41.5 Å². The van der Waals surface area contributed by atoms with Gasteiger partial charge in [0.15, 0.2) is 0 Å². The molecule has 0 radical (unpaired) electrons. The second-order valence-electron chi connectivity index (χ2n) is 7.68. The summed E-state index contributed by atoms with van der Waals surface area (Å²) in [7, 11) is 0. The Balaban J connectivity index is 1.52. The van der Waals surface area contributed by atoms with E-state index in [0.29, 0.717) is 55.1 Å². The molecule has 2 aromatic carbocycles. The van der Waals surface area contributed by atoms with Gasteiger partial charge in [0.2, 0.25) is 11.8 Å². The van der Waals surface area contributed by atoms with E-state index in [9.17, 15) is 19.2 Å². The van der Waals surface area contributed by atoms with Crippen LogP contribution in [0.5, 0.6) is 5.75 Å². The number of ether oxygens (including phenoxy) is 3. The van der Waals surface area contributed by atoms with Crippen LogP contribution in [-0.4, -0.2) is 74.1 Å². The van der Waals surface area contributed by atoms with Crippen LogP contribution in [0.1, 0.15) is 33.6 Å². The quantitative estimate of drug-likeness (QED) is 0.393. The van der Waals surface area contributed by atoms with Gasteiger partial charge in [0.05, 0.1) is 32.0 Å². The molecule has 2 aliphatic heterocycles. The number of amides is 4. The average molecular weight is 455 g/mol. The molecule has 2 heterocycles. The topological polar surface area (TPSA) is 137 Å². The molecular formula is C23H25N3O7. The van der Waals surface area contributed by atoms with E-state index in [1.54, 1.807) is 30.3 Å². The van der Waals surface area contributed by atoms with E-state index in [1.807, 2.05) is 0 Å². The van der Waals surface area contributed by atoms with E-state index in [2.05, 4.69) is 5.32 Å². The Morgan fingerprint density at radius 1 is 0.939 bits per heavy atom. The van der Waals surface area contributed by atoms with Gasteiger partial charge in [0.1, 0.15) is 18.4 Å². The fraction of sp³-hybridized carbons (Fsp3) is 0.391. The fourth-order valence-corrected chi connectivity index (χ4v) is 4.02. The molecule has 174 valence electrons. The lowest BCUT2D eigenvalue weighted by Crippen LogP contribution is -2.57.